The van der Waals surface area contributed by atoms with Gasteiger partial charge in [-0.2, -0.15) is 5.10 Å². The summed E-state index contributed by atoms with van der Waals surface area (Å²) in [6, 6.07) is 11.1. The predicted molar refractivity (Wildman–Crippen MR) is 110 cm³/mol. The maximum absolute atomic E-state index is 12.5. The highest BCUT2D eigenvalue weighted by atomic mass is 35.5. The van der Waals surface area contributed by atoms with Crippen LogP contribution >= 0.6 is 11.6 Å². The van der Waals surface area contributed by atoms with Gasteiger partial charge in [0.15, 0.2) is 0 Å². The van der Waals surface area contributed by atoms with Crippen LogP contribution in [-0.2, 0) is 0 Å². The van der Waals surface area contributed by atoms with Gasteiger partial charge in [0.05, 0.1) is 29.3 Å². The fourth-order valence-electron chi connectivity index (χ4n) is 3.06. The zero-order chi connectivity index (χ0) is 19.5. The highest BCUT2D eigenvalue weighted by molar-refractivity contribution is 6.30. The molecule has 3 aromatic rings. The molecule has 1 aliphatic rings. The molecule has 1 amide bonds. The number of carbonyl (C=O) groups excluding carboxylic acids is 1. The summed E-state index contributed by atoms with van der Waals surface area (Å²) in [5.74, 6) is 0.705. The number of rotatable bonds is 4. The number of carbonyl (C=O) groups is 1. The first-order valence-corrected chi connectivity index (χ1v) is 9.48. The number of halogens is 1. The van der Waals surface area contributed by atoms with Crippen molar-refractivity contribution in [1.29, 1.82) is 0 Å². The third-order valence-corrected chi connectivity index (χ3v) is 5.02. The number of pyridine rings is 1. The zero-order valence-electron chi connectivity index (χ0n) is 15.5. The monoisotopic (exact) mass is 396 g/mol. The van der Waals surface area contributed by atoms with Crippen LogP contribution in [0.3, 0.4) is 0 Å². The number of nitrogens with one attached hydrogen (secondary N) is 1. The quantitative estimate of drug-likeness (QED) is 0.734. The standard InChI is InChI=1S/C20H21ClN6O/c1-25-8-10-26(11-9-25)19-7-4-17(13-22-19)24-20(28)15-12-23-27(14-15)18-5-2-16(21)3-6-18/h2-7,12-14H,8-11H2,1H3,(H,24,28). The molecule has 1 fully saturated rings. The minimum Gasteiger partial charge on any atom is -0.354 e. The summed E-state index contributed by atoms with van der Waals surface area (Å²) in [6.45, 7) is 3.97. The van der Waals surface area contributed by atoms with E-state index in [2.05, 4.69) is 32.2 Å². The molecule has 28 heavy (non-hydrogen) atoms. The molecule has 0 aliphatic carbocycles. The molecule has 1 saturated heterocycles. The first kappa shape index (κ1) is 18.5. The SMILES string of the molecule is CN1CCN(c2ccc(NC(=O)c3cnn(-c4ccc(Cl)cc4)c3)cn2)CC1. The van der Waals surface area contributed by atoms with Crippen molar-refractivity contribution in [2.75, 3.05) is 43.4 Å². The van der Waals surface area contributed by atoms with Crippen LogP contribution in [0.1, 0.15) is 10.4 Å². The van der Waals surface area contributed by atoms with E-state index in [9.17, 15) is 4.79 Å². The van der Waals surface area contributed by atoms with Crippen LogP contribution in [0.15, 0.2) is 55.0 Å². The Morgan fingerprint density at radius 2 is 1.79 bits per heavy atom. The lowest BCUT2D eigenvalue weighted by Gasteiger charge is -2.33. The second-order valence-electron chi connectivity index (χ2n) is 6.80. The Labute approximate surface area is 168 Å². The van der Waals surface area contributed by atoms with Gasteiger partial charge in [-0.05, 0) is 43.4 Å². The summed E-state index contributed by atoms with van der Waals surface area (Å²) in [5.41, 5.74) is 1.96. The van der Waals surface area contributed by atoms with E-state index >= 15 is 0 Å². The molecule has 4 rings (SSSR count). The minimum absolute atomic E-state index is 0.227. The Kier molecular flexibility index (Phi) is 5.27. The maximum Gasteiger partial charge on any atom is 0.258 e. The fourth-order valence-corrected chi connectivity index (χ4v) is 3.19. The lowest BCUT2D eigenvalue weighted by Crippen LogP contribution is -2.44. The van der Waals surface area contributed by atoms with Gasteiger partial charge in [-0.3, -0.25) is 4.79 Å². The van der Waals surface area contributed by atoms with Crippen molar-refractivity contribution < 1.29 is 4.79 Å². The molecule has 2 aromatic heterocycles. The normalized spacial score (nSPS) is 14.9. The molecule has 3 heterocycles. The highest BCUT2D eigenvalue weighted by Gasteiger charge is 2.15. The number of piperazine rings is 1. The number of hydrogen-bond acceptors (Lipinski definition) is 5. The molecule has 0 bridgehead atoms. The Hall–Kier alpha value is -2.90. The number of aromatic nitrogens is 3. The predicted octanol–water partition coefficient (Wildman–Crippen LogP) is 2.92. The zero-order valence-corrected chi connectivity index (χ0v) is 16.3. The largest absolute Gasteiger partial charge is 0.354 e. The van der Waals surface area contributed by atoms with Crippen LogP contribution in [0, 0.1) is 0 Å². The lowest BCUT2D eigenvalue weighted by atomic mass is 10.3. The van der Waals surface area contributed by atoms with E-state index in [1.165, 1.54) is 6.20 Å². The molecule has 0 unspecified atom stereocenters. The van der Waals surface area contributed by atoms with Crippen molar-refractivity contribution in [3.8, 4) is 5.69 Å². The molecule has 1 aliphatic heterocycles. The van der Waals surface area contributed by atoms with Gasteiger partial charge in [0.1, 0.15) is 5.82 Å². The van der Waals surface area contributed by atoms with Crippen molar-refractivity contribution in [2.45, 2.75) is 0 Å². The molecule has 0 atom stereocenters. The fraction of sp³-hybridized carbons (Fsp3) is 0.250. The van der Waals surface area contributed by atoms with Crippen LogP contribution in [0.4, 0.5) is 11.5 Å². The third kappa shape index (κ3) is 4.16. The van der Waals surface area contributed by atoms with Gasteiger partial charge < -0.3 is 15.1 Å². The van der Waals surface area contributed by atoms with Crippen molar-refractivity contribution >= 4 is 29.0 Å². The van der Waals surface area contributed by atoms with Crippen molar-refractivity contribution in [2.24, 2.45) is 0 Å². The van der Waals surface area contributed by atoms with E-state index in [0.717, 1.165) is 37.7 Å². The second kappa shape index (κ2) is 8.00. The Morgan fingerprint density at radius 3 is 2.46 bits per heavy atom. The third-order valence-electron chi connectivity index (χ3n) is 4.77. The molecule has 144 valence electrons. The average molecular weight is 397 g/mol. The molecule has 0 saturated carbocycles. The molecule has 8 heteroatoms. The summed E-state index contributed by atoms with van der Waals surface area (Å²) in [5, 5.41) is 7.77. The Balaban J connectivity index is 1.40. The number of amides is 1. The first-order valence-electron chi connectivity index (χ1n) is 9.10. The van der Waals surface area contributed by atoms with E-state index < -0.39 is 0 Å². The first-order chi connectivity index (χ1) is 13.6. The van der Waals surface area contributed by atoms with E-state index in [4.69, 9.17) is 11.6 Å². The Morgan fingerprint density at radius 1 is 1.04 bits per heavy atom. The summed E-state index contributed by atoms with van der Waals surface area (Å²) in [4.78, 5) is 21.6. The maximum atomic E-state index is 12.5. The van der Waals surface area contributed by atoms with E-state index in [-0.39, 0.29) is 5.91 Å². The molecular formula is C20H21ClN6O. The van der Waals surface area contributed by atoms with Crippen molar-refractivity contribution in [3.05, 3.63) is 65.6 Å². The van der Waals surface area contributed by atoms with Gasteiger partial charge >= 0.3 is 0 Å². The van der Waals surface area contributed by atoms with Gasteiger partial charge in [0.2, 0.25) is 0 Å². The van der Waals surface area contributed by atoms with E-state index in [1.54, 1.807) is 29.2 Å². The summed E-state index contributed by atoms with van der Waals surface area (Å²) >= 11 is 5.91. The van der Waals surface area contributed by atoms with E-state index in [0.29, 0.717) is 16.3 Å². The molecule has 0 radical (unpaired) electrons. The second-order valence-corrected chi connectivity index (χ2v) is 7.24. The number of likely N-dealkylation sites (N-methyl/N-ethyl adjacent to an activating group) is 1. The Bertz CT molecular complexity index is 946. The van der Waals surface area contributed by atoms with Crippen LogP contribution in [0.25, 0.3) is 5.69 Å². The van der Waals surface area contributed by atoms with Crippen molar-refractivity contribution in [1.82, 2.24) is 19.7 Å². The van der Waals surface area contributed by atoms with E-state index in [1.807, 2.05) is 24.3 Å². The molecule has 1 N–H and O–H groups in total. The highest BCUT2D eigenvalue weighted by Crippen LogP contribution is 2.17. The van der Waals surface area contributed by atoms with Crippen LogP contribution in [0.5, 0.6) is 0 Å². The smallest absolute Gasteiger partial charge is 0.258 e. The molecular weight excluding hydrogens is 376 g/mol. The average Bonchev–Trinajstić information content (AvgIpc) is 3.20. The van der Waals surface area contributed by atoms with Gasteiger partial charge in [0.25, 0.3) is 5.91 Å². The van der Waals surface area contributed by atoms with Crippen LogP contribution in [0.2, 0.25) is 5.02 Å². The topological polar surface area (TPSA) is 66.3 Å². The molecule has 0 spiro atoms. The number of nitrogens with zero attached hydrogens (tertiary/aromatic N) is 5. The van der Waals surface area contributed by atoms with Crippen LogP contribution in [-0.4, -0.2) is 58.8 Å². The lowest BCUT2D eigenvalue weighted by molar-refractivity contribution is 0.102. The van der Waals surface area contributed by atoms with Gasteiger partial charge in [-0.15, -0.1) is 0 Å². The number of hydrogen-bond donors (Lipinski definition) is 1. The van der Waals surface area contributed by atoms with Gasteiger partial charge in [0, 0.05) is 37.4 Å². The van der Waals surface area contributed by atoms with Crippen molar-refractivity contribution in [3.63, 3.8) is 0 Å². The summed E-state index contributed by atoms with van der Waals surface area (Å²) in [6.07, 6.45) is 4.91. The van der Waals surface area contributed by atoms with Gasteiger partial charge in [-0.25, -0.2) is 9.67 Å². The number of benzene rings is 1. The molecule has 1 aromatic carbocycles. The van der Waals surface area contributed by atoms with Gasteiger partial charge in [-0.1, -0.05) is 11.6 Å². The molecule has 7 nitrogen and oxygen atoms in total. The minimum atomic E-state index is -0.227. The van der Waals surface area contributed by atoms with Crippen LogP contribution < -0.4 is 10.2 Å². The number of anilines is 2. The summed E-state index contributed by atoms with van der Waals surface area (Å²) in [7, 11) is 2.12. The summed E-state index contributed by atoms with van der Waals surface area (Å²) < 4.78 is 1.64.